The van der Waals surface area contributed by atoms with E-state index in [0.717, 1.165) is 17.6 Å². The van der Waals surface area contributed by atoms with Gasteiger partial charge in [0.05, 0.1) is 10.9 Å². The molecule has 1 N–H and O–H groups in total. The molecule has 2 heterocycles. The fourth-order valence-corrected chi connectivity index (χ4v) is 3.42. The standard InChI is InChI=1S/C20H21N3O/c24-20-17-9-2-3-10-18(17)21-19(22-20)16-8-6-7-15(13-16)14-23-11-4-1-5-12-23/h2-3,6-10,13H,1,4-5,11-12,14H2,(H,21,22,24). The molecule has 1 saturated heterocycles. The van der Waals surface area contributed by atoms with Gasteiger partial charge in [0.2, 0.25) is 0 Å². The largest absolute Gasteiger partial charge is 0.306 e. The third-order valence-corrected chi connectivity index (χ3v) is 4.67. The second-order valence-electron chi connectivity index (χ2n) is 6.47. The summed E-state index contributed by atoms with van der Waals surface area (Å²) in [6, 6.07) is 15.8. The van der Waals surface area contributed by atoms with Crippen LogP contribution in [0.1, 0.15) is 24.8 Å². The number of aromatic nitrogens is 2. The first-order valence-corrected chi connectivity index (χ1v) is 8.60. The Bertz CT molecular complexity index is 910. The zero-order valence-electron chi connectivity index (χ0n) is 13.7. The second kappa shape index (κ2) is 6.57. The van der Waals surface area contributed by atoms with Crippen LogP contribution in [0.2, 0.25) is 0 Å². The van der Waals surface area contributed by atoms with E-state index in [1.54, 1.807) is 6.07 Å². The maximum atomic E-state index is 12.3. The summed E-state index contributed by atoms with van der Waals surface area (Å²) in [5, 5.41) is 0.630. The van der Waals surface area contributed by atoms with Crippen LogP contribution in [-0.4, -0.2) is 28.0 Å². The SMILES string of the molecule is O=c1[nH]c(-c2cccc(CN3CCCCC3)c2)nc2ccccc12. The molecule has 24 heavy (non-hydrogen) atoms. The van der Waals surface area contributed by atoms with E-state index >= 15 is 0 Å². The lowest BCUT2D eigenvalue weighted by molar-refractivity contribution is 0.221. The lowest BCUT2D eigenvalue weighted by Gasteiger charge is -2.26. The number of para-hydroxylation sites is 1. The van der Waals surface area contributed by atoms with Crippen molar-refractivity contribution in [2.75, 3.05) is 13.1 Å². The number of nitrogens with one attached hydrogen (secondary N) is 1. The molecule has 0 amide bonds. The van der Waals surface area contributed by atoms with Crippen molar-refractivity contribution in [3.8, 4) is 11.4 Å². The van der Waals surface area contributed by atoms with E-state index in [2.05, 4.69) is 27.0 Å². The van der Waals surface area contributed by atoms with Crippen molar-refractivity contribution < 1.29 is 0 Å². The number of rotatable bonds is 3. The summed E-state index contributed by atoms with van der Waals surface area (Å²) in [7, 11) is 0. The average molecular weight is 319 g/mol. The van der Waals surface area contributed by atoms with Gasteiger partial charge < -0.3 is 4.98 Å². The van der Waals surface area contributed by atoms with Gasteiger partial charge in [0.1, 0.15) is 5.82 Å². The number of likely N-dealkylation sites (tertiary alicyclic amines) is 1. The Morgan fingerprint density at radius 2 is 1.83 bits per heavy atom. The molecule has 0 atom stereocenters. The minimum atomic E-state index is -0.0861. The second-order valence-corrected chi connectivity index (χ2v) is 6.47. The van der Waals surface area contributed by atoms with Crippen LogP contribution in [0.5, 0.6) is 0 Å². The Labute approximate surface area is 141 Å². The van der Waals surface area contributed by atoms with E-state index < -0.39 is 0 Å². The molecule has 1 aliphatic heterocycles. The molecule has 0 bridgehead atoms. The predicted molar refractivity (Wildman–Crippen MR) is 96.9 cm³/mol. The Hall–Kier alpha value is -2.46. The van der Waals surface area contributed by atoms with E-state index in [1.807, 2.05) is 30.3 Å². The van der Waals surface area contributed by atoms with Gasteiger partial charge in [-0.3, -0.25) is 9.69 Å². The molecule has 4 heteroatoms. The number of piperidine rings is 1. The summed E-state index contributed by atoms with van der Waals surface area (Å²) in [5.41, 5.74) is 2.88. The Morgan fingerprint density at radius 3 is 2.71 bits per heavy atom. The zero-order chi connectivity index (χ0) is 16.4. The van der Waals surface area contributed by atoms with Crippen LogP contribution < -0.4 is 5.56 Å². The number of H-pyrrole nitrogens is 1. The molecule has 1 aliphatic rings. The summed E-state index contributed by atoms with van der Waals surface area (Å²) >= 11 is 0. The molecule has 122 valence electrons. The Morgan fingerprint density at radius 1 is 1.00 bits per heavy atom. The van der Waals surface area contributed by atoms with Gasteiger partial charge in [-0.1, -0.05) is 36.8 Å². The Balaban J connectivity index is 1.66. The van der Waals surface area contributed by atoms with E-state index in [1.165, 1.54) is 37.9 Å². The van der Waals surface area contributed by atoms with Crippen LogP contribution in [-0.2, 0) is 6.54 Å². The maximum absolute atomic E-state index is 12.3. The molecule has 0 unspecified atom stereocenters. The van der Waals surface area contributed by atoms with Crippen molar-refractivity contribution in [1.82, 2.24) is 14.9 Å². The highest BCUT2D eigenvalue weighted by Crippen LogP contribution is 2.20. The minimum Gasteiger partial charge on any atom is -0.306 e. The average Bonchev–Trinajstić information content (AvgIpc) is 2.63. The van der Waals surface area contributed by atoms with E-state index in [0.29, 0.717) is 11.2 Å². The van der Waals surface area contributed by atoms with E-state index in [4.69, 9.17) is 0 Å². The molecule has 0 spiro atoms. The lowest BCUT2D eigenvalue weighted by atomic mass is 10.1. The minimum absolute atomic E-state index is 0.0861. The monoisotopic (exact) mass is 319 g/mol. The third kappa shape index (κ3) is 3.10. The number of hydrogen-bond acceptors (Lipinski definition) is 3. The topological polar surface area (TPSA) is 49.0 Å². The van der Waals surface area contributed by atoms with Crippen molar-refractivity contribution in [1.29, 1.82) is 0 Å². The molecular formula is C20H21N3O. The molecular weight excluding hydrogens is 298 g/mol. The molecule has 0 radical (unpaired) electrons. The van der Waals surface area contributed by atoms with Crippen molar-refractivity contribution >= 4 is 10.9 Å². The molecule has 0 saturated carbocycles. The van der Waals surface area contributed by atoms with Crippen LogP contribution in [0.3, 0.4) is 0 Å². The summed E-state index contributed by atoms with van der Waals surface area (Å²) in [6.07, 6.45) is 3.93. The number of fused-ring (bicyclic) bond motifs is 1. The highest BCUT2D eigenvalue weighted by Gasteiger charge is 2.11. The van der Waals surface area contributed by atoms with Crippen molar-refractivity contribution in [3.05, 3.63) is 64.4 Å². The molecule has 3 aromatic rings. The highest BCUT2D eigenvalue weighted by molar-refractivity contribution is 5.79. The van der Waals surface area contributed by atoms with Crippen LogP contribution >= 0.6 is 0 Å². The van der Waals surface area contributed by atoms with E-state index in [-0.39, 0.29) is 5.56 Å². The van der Waals surface area contributed by atoms with Gasteiger partial charge >= 0.3 is 0 Å². The first kappa shape index (κ1) is 15.1. The van der Waals surface area contributed by atoms with E-state index in [9.17, 15) is 4.79 Å². The van der Waals surface area contributed by atoms with Crippen LogP contribution in [0.4, 0.5) is 0 Å². The molecule has 4 nitrogen and oxygen atoms in total. The van der Waals surface area contributed by atoms with Crippen LogP contribution in [0, 0.1) is 0 Å². The molecule has 0 aliphatic carbocycles. The Kier molecular flexibility index (Phi) is 4.13. The van der Waals surface area contributed by atoms with Crippen LogP contribution in [0.15, 0.2) is 53.3 Å². The number of hydrogen-bond donors (Lipinski definition) is 1. The fraction of sp³-hybridized carbons (Fsp3) is 0.300. The molecule has 2 aromatic carbocycles. The van der Waals surface area contributed by atoms with Gasteiger partial charge in [-0.25, -0.2) is 4.98 Å². The summed E-state index contributed by atoms with van der Waals surface area (Å²) in [5.74, 6) is 0.638. The number of aromatic amines is 1. The van der Waals surface area contributed by atoms with Crippen molar-refractivity contribution in [2.45, 2.75) is 25.8 Å². The number of benzene rings is 2. The number of nitrogens with zero attached hydrogens (tertiary/aromatic N) is 2. The van der Waals surface area contributed by atoms with Gasteiger partial charge in [0.25, 0.3) is 5.56 Å². The van der Waals surface area contributed by atoms with Gasteiger partial charge in [0.15, 0.2) is 0 Å². The maximum Gasteiger partial charge on any atom is 0.259 e. The summed E-state index contributed by atoms with van der Waals surface area (Å²) in [6.45, 7) is 3.32. The first-order valence-electron chi connectivity index (χ1n) is 8.60. The van der Waals surface area contributed by atoms with Crippen molar-refractivity contribution in [3.63, 3.8) is 0 Å². The van der Waals surface area contributed by atoms with Crippen LogP contribution in [0.25, 0.3) is 22.3 Å². The quantitative estimate of drug-likeness (QED) is 0.803. The summed E-state index contributed by atoms with van der Waals surface area (Å²) in [4.78, 5) is 22.3. The highest BCUT2D eigenvalue weighted by atomic mass is 16.1. The van der Waals surface area contributed by atoms with Gasteiger partial charge in [-0.15, -0.1) is 0 Å². The molecule has 4 rings (SSSR count). The summed E-state index contributed by atoms with van der Waals surface area (Å²) < 4.78 is 0. The normalized spacial score (nSPS) is 15.7. The van der Waals surface area contributed by atoms with Crippen molar-refractivity contribution in [2.24, 2.45) is 0 Å². The smallest absolute Gasteiger partial charge is 0.259 e. The zero-order valence-corrected chi connectivity index (χ0v) is 13.7. The lowest BCUT2D eigenvalue weighted by Crippen LogP contribution is -2.29. The van der Waals surface area contributed by atoms with Gasteiger partial charge in [0, 0.05) is 12.1 Å². The first-order chi connectivity index (χ1) is 11.8. The fourth-order valence-electron chi connectivity index (χ4n) is 3.42. The van der Waals surface area contributed by atoms with Gasteiger partial charge in [-0.2, -0.15) is 0 Å². The predicted octanol–water partition coefficient (Wildman–Crippen LogP) is 3.58. The molecule has 1 aromatic heterocycles. The third-order valence-electron chi connectivity index (χ3n) is 4.67. The molecule has 1 fully saturated rings. The van der Waals surface area contributed by atoms with Gasteiger partial charge in [-0.05, 0) is 49.7 Å².